The average Bonchev–Trinajstić information content (AvgIpc) is 2.73. The molecule has 2 N–H and O–H groups in total. The molecule has 0 unspecified atom stereocenters. The largest absolute Gasteiger partial charge is 0.478 e. The fourth-order valence-corrected chi connectivity index (χ4v) is 2.47. The fraction of sp³-hybridized carbons (Fsp3) is 0.238. The number of aromatic carboxylic acids is 1. The van der Waals surface area contributed by atoms with Crippen LogP contribution in [0.1, 0.15) is 40.5 Å². The first-order valence-corrected chi connectivity index (χ1v) is 9.03. The molecule has 0 heterocycles. The maximum Gasteiger partial charge on any atom is 0.339 e. The van der Waals surface area contributed by atoms with Gasteiger partial charge >= 0.3 is 17.9 Å². The lowest BCUT2D eigenvalue weighted by atomic mass is 10.1. The SMILES string of the molecule is CCOC(=O)c1ccc(Oc2ccccc2NC(=O)CCC(=O)OC)cc1C(=O)O. The minimum absolute atomic E-state index is 0.0668. The van der Waals surface area contributed by atoms with E-state index in [9.17, 15) is 24.3 Å². The molecule has 0 aliphatic heterocycles. The number of nitrogens with one attached hydrogen (secondary N) is 1. The van der Waals surface area contributed by atoms with Gasteiger partial charge in [-0.2, -0.15) is 0 Å². The lowest BCUT2D eigenvalue weighted by Gasteiger charge is -2.13. The molecule has 0 saturated carbocycles. The van der Waals surface area contributed by atoms with Gasteiger partial charge in [0.25, 0.3) is 0 Å². The van der Waals surface area contributed by atoms with E-state index in [0.29, 0.717) is 5.69 Å². The van der Waals surface area contributed by atoms with Gasteiger partial charge in [0.15, 0.2) is 5.75 Å². The monoisotopic (exact) mass is 415 g/mol. The molecule has 0 fully saturated rings. The Morgan fingerprint density at radius 2 is 1.73 bits per heavy atom. The van der Waals surface area contributed by atoms with Crippen LogP contribution in [0.25, 0.3) is 0 Å². The van der Waals surface area contributed by atoms with E-state index in [1.165, 1.54) is 25.3 Å². The molecule has 0 bridgehead atoms. The zero-order valence-electron chi connectivity index (χ0n) is 16.5. The van der Waals surface area contributed by atoms with Gasteiger partial charge in [-0.05, 0) is 37.3 Å². The summed E-state index contributed by atoms with van der Waals surface area (Å²) >= 11 is 0. The molecule has 0 spiro atoms. The number of carboxylic acid groups (broad SMARTS) is 1. The summed E-state index contributed by atoms with van der Waals surface area (Å²) in [5.74, 6) is -2.58. The Hall–Kier alpha value is -3.88. The Labute approximate surface area is 172 Å². The predicted molar refractivity (Wildman–Crippen MR) is 106 cm³/mol. The fourth-order valence-electron chi connectivity index (χ4n) is 2.47. The zero-order valence-corrected chi connectivity index (χ0v) is 16.5. The molecule has 2 aromatic rings. The number of esters is 2. The standard InChI is InChI=1S/C21H21NO8/c1-3-29-21(27)14-9-8-13(12-15(14)20(25)26)30-17-7-5-4-6-16(17)22-18(23)10-11-19(24)28-2/h4-9,12H,3,10-11H2,1-2H3,(H,22,23)(H,25,26). The van der Waals surface area contributed by atoms with E-state index in [1.54, 1.807) is 31.2 Å². The summed E-state index contributed by atoms with van der Waals surface area (Å²) < 4.78 is 15.1. The molecule has 0 aliphatic rings. The van der Waals surface area contributed by atoms with E-state index in [2.05, 4.69) is 10.1 Å². The van der Waals surface area contributed by atoms with Crippen molar-refractivity contribution in [2.75, 3.05) is 19.0 Å². The first-order valence-electron chi connectivity index (χ1n) is 9.03. The number of ether oxygens (including phenoxy) is 3. The molecule has 2 rings (SSSR count). The predicted octanol–water partition coefficient (Wildman–Crippen LogP) is 3.25. The van der Waals surface area contributed by atoms with Crippen molar-refractivity contribution in [1.82, 2.24) is 0 Å². The molecule has 30 heavy (non-hydrogen) atoms. The number of para-hydroxylation sites is 2. The normalized spacial score (nSPS) is 10.1. The molecule has 0 aliphatic carbocycles. The van der Waals surface area contributed by atoms with Crippen LogP contribution in [0.3, 0.4) is 0 Å². The second-order valence-electron chi connectivity index (χ2n) is 5.96. The van der Waals surface area contributed by atoms with Crippen LogP contribution in [-0.2, 0) is 19.1 Å². The minimum Gasteiger partial charge on any atom is -0.478 e. The summed E-state index contributed by atoms with van der Waals surface area (Å²) in [7, 11) is 1.24. The van der Waals surface area contributed by atoms with Crippen molar-refractivity contribution >= 4 is 29.5 Å². The van der Waals surface area contributed by atoms with Crippen LogP contribution in [0.2, 0.25) is 0 Å². The third-order valence-corrected chi connectivity index (χ3v) is 3.89. The van der Waals surface area contributed by atoms with Crippen LogP contribution in [0.4, 0.5) is 5.69 Å². The Bertz CT molecular complexity index is 954. The van der Waals surface area contributed by atoms with Gasteiger partial charge in [-0.15, -0.1) is 0 Å². The summed E-state index contributed by atoms with van der Waals surface area (Å²) in [6, 6.07) is 10.4. The first kappa shape index (κ1) is 22.4. The quantitative estimate of drug-likeness (QED) is 0.597. The number of anilines is 1. The van der Waals surface area contributed by atoms with Crippen LogP contribution in [-0.4, -0.2) is 42.6 Å². The van der Waals surface area contributed by atoms with Gasteiger partial charge in [0.05, 0.1) is 37.0 Å². The first-order chi connectivity index (χ1) is 14.3. The highest BCUT2D eigenvalue weighted by Crippen LogP contribution is 2.31. The third kappa shape index (κ3) is 6.06. The van der Waals surface area contributed by atoms with E-state index in [0.717, 1.165) is 0 Å². The average molecular weight is 415 g/mol. The highest BCUT2D eigenvalue weighted by atomic mass is 16.5. The summed E-state index contributed by atoms with van der Waals surface area (Å²) in [5, 5.41) is 12.0. The number of hydrogen-bond donors (Lipinski definition) is 2. The second-order valence-corrected chi connectivity index (χ2v) is 5.96. The number of rotatable bonds is 9. The van der Waals surface area contributed by atoms with Crippen molar-refractivity contribution in [3.63, 3.8) is 0 Å². The topological polar surface area (TPSA) is 128 Å². The Morgan fingerprint density at radius 1 is 1.00 bits per heavy atom. The van der Waals surface area contributed by atoms with E-state index in [-0.39, 0.29) is 42.1 Å². The summed E-state index contributed by atoms with van der Waals surface area (Å²) in [4.78, 5) is 46.7. The highest BCUT2D eigenvalue weighted by Gasteiger charge is 2.19. The molecule has 0 saturated heterocycles. The Morgan fingerprint density at radius 3 is 2.40 bits per heavy atom. The Kier molecular flexibility index (Phi) is 7.92. The zero-order chi connectivity index (χ0) is 22.1. The molecule has 0 aromatic heterocycles. The second kappa shape index (κ2) is 10.6. The number of methoxy groups -OCH3 is 1. The molecule has 2 aromatic carbocycles. The molecule has 1 amide bonds. The maximum atomic E-state index is 12.1. The number of hydrogen-bond acceptors (Lipinski definition) is 7. The van der Waals surface area contributed by atoms with Crippen molar-refractivity contribution in [2.45, 2.75) is 19.8 Å². The molecule has 0 radical (unpaired) electrons. The van der Waals surface area contributed by atoms with E-state index >= 15 is 0 Å². The van der Waals surface area contributed by atoms with Gasteiger partial charge in [0.2, 0.25) is 5.91 Å². The van der Waals surface area contributed by atoms with Gasteiger partial charge in [0.1, 0.15) is 5.75 Å². The van der Waals surface area contributed by atoms with Crippen molar-refractivity contribution in [3.05, 3.63) is 53.6 Å². The molecular weight excluding hydrogens is 394 g/mol. The molecular formula is C21H21NO8. The number of carboxylic acids is 1. The third-order valence-electron chi connectivity index (χ3n) is 3.89. The van der Waals surface area contributed by atoms with Gasteiger partial charge in [-0.25, -0.2) is 9.59 Å². The Balaban J connectivity index is 2.21. The van der Waals surface area contributed by atoms with Crippen LogP contribution >= 0.6 is 0 Å². The van der Waals surface area contributed by atoms with Gasteiger partial charge in [-0.3, -0.25) is 9.59 Å². The number of carbonyl (C=O) groups is 4. The maximum absolute atomic E-state index is 12.1. The smallest absolute Gasteiger partial charge is 0.339 e. The minimum atomic E-state index is -1.31. The lowest BCUT2D eigenvalue weighted by Crippen LogP contribution is -2.14. The van der Waals surface area contributed by atoms with E-state index in [4.69, 9.17) is 9.47 Å². The molecule has 9 nitrogen and oxygen atoms in total. The van der Waals surface area contributed by atoms with Gasteiger partial charge in [-0.1, -0.05) is 12.1 Å². The molecule has 9 heteroatoms. The summed E-state index contributed by atoms with van der Waals surface area (Å²) in [6.07, 6.45) is -0.138. The number of carbonyl (C=O) groups excluding carboxylic acids is 3. The van der Waals surface area contributed by atoms with Crippen LogP contribution in [0, 0.1) is 0 Å². The van der Waals surface area contributed by atoms with Crippen LogP contribution in [0.5, 0.6) is 11.5 Å². The van der Waals surface area contributed by atoms with Crippen molar-refractivity contribution in [1.29, 1.82) is 0 Å². The highest BCUT2D eigenvalue weighted by molar-refractivity contribution is 6.02. The summed E-state index contributed by atoms with van der Waals surface area (Å²) in [6.45, 7) is 1.73. The van der Waals surface area contributed by atoms with Crippen molar-refractivity contribution in [2.24, 2.45) is 0 Å². The van der Waals surface area contributed by atoms with Crippen LogP contribution in [0.15, 0.2) is 42.5 Å². The van der Waals surface area contributed by atoms with Crippen molar-refractivity contribution in [3.8, 4) is 11.5 Å². The molecule has 158 valence electrons. The van der Waals surface area contributed by atoms with Gasteiger partial charge in [0, 0.05) is 6.42 Å². The van der Waals surface area contributed by atoms with E-state index in [1.807, 2.05) is 0 Å². The lowest BCUT2D eigenvalue weighted by molar-refractivity contribution is -0.141. The van der Waals surface area contributed by atoms with E-state index < -0.39 is 23.8 Å². The van der Waals surface area contributed by atoms with Crippen molar-refractivity contribution < 1.29 is 38.5 Å². The van der Waals surface area contributed by atoms with Gasteiger partial charge < -0.3 is 24.6 Å². The number of amides is 1. The van der Waals surface area contributed by atoms with Crippen LogP contribution < -0.4 is 10.1 Å². The summed E-state index contributed by atoms with van der Waals surface area (Å²) in [5.41, 5.74) is -0.0367. The molecule has 0 atom stereocenters. The number of benzene rings is 2.